The first kappa shape index (κ1) is 24.8. The van der Waals surface area contributed by atoms with Gasteiger partial charge in [0.15, 0.2) is 0 Å². The summed E-state index contributed by atoms with van der Waals surface area (Å²) in [5.74, 6) is 0. The van der Waals surface area contributed by atoms with Gasteiger partial charge in [-0.15, -0.1) is 0 Å². The molecule has 0 N–H and O–H groups in total. The molecule has 44 heavy (non-hydrogen) atoms. The summed E-state index contributed by atoms with van der Waals surface area (Å²) < 4.78 is 0. The van der Waals surface area contributed by atoms with E-state index in [9.17, 15) is 0 Å². The fourth-order valence-electron chi connectivity index (χ4n) is 7.19. The van der Waals surface area contributed by atoms with E-state index in [-0.39, 0.29) is 0 Å². The lowest BCUT2D eigenvalue weighted by atomic mass is 9.81. The minimum absolute atomic E-state index is 1.23. The Bertz CT molecular complexity index is 2530. The Balaban J connectivity index is 1.52. The van der Waals surface area contributed by atoms with E-state index in [2.05, 4.69) is 170 Å². The molecule has 0 radical (unpaired) electrons. The maximum Gasteiger partial charge on any atom is -0.00197 e. The highest BCUT2D eigenvalue weighted by molar-refractivity contribution is 6.26. The van der Waals surface area contributed by atoms with Crippen LogP contribution >= 0.6 is 0 Å². The first-order valence-corrected chi connectivity index (χ1v) is 15.3. The molecule has 0 unspecified atom stereocenters. The second-order valence-corrected chi connectivity index (χ2v) is 11.7. The van der Waals surface area contributed by atoms with Crippen molar-refractivity contribution in [3.05, 3.63) is 170 Å². The van der Waals surface area contributed by atoms with Crippen molar-refractivity contribution in [3.8, 4) is 33.4 Å². The smallest absolute Gasteiger partial charge is 0.00197 e. The minimum atomic E-state index is 1.23. The van der Waals surface area contributed by atoms with Crippen LogP contribution in [-0.2, 0) is 0 Å². The predicted molar refractivity (Wildman–Crippen MR) is 190 cm³/mol. The average molecular weight is 557 g/mol. The number of hydrogen-bond acceptors (Lipinski definition) is 0. The van der Waals surface area contributed by atoms with Gasteiger partial charge >= 0.3 is 0 Å². The highest BCUT2D eigenvalue weighted by atomic mass is 14.2. The molecule has 0 heteroatoms. The molecule has 0 atom stereocenters. The molecule has 204 valence electrons. The van der Waals surface area contributed by atoms with Gasteiger partial charge in [0.05, 0.1) is 0 Å². The number of fused-ring (bicyclic) bond motifs is 5. The summed E-state index contributed by atoms with van der Waals surface area (Å²) in [5.41, 5.74) is 7.59. The molecular formula is C44H28. The van der Waals surface area contributed by atoms with Crippen molar-refractivity contribution in [2.45, 2.75) is 0 Å². The van der Waals surface area contributed by atoms with Gasteiger partial charge in [-0.05, 0) is 112 Å². The number of benzene rings is 9. The first-order valence-electron chi connectivity index (χ1n) is 15.3. The molecule has 9 rings (SSSR count). The summed E-state index contributed by atoms with van der Waals surface area (Å²) in [4.78, 5) is 0. The molecule has 9 aromatic rings. The zero-order valence-electron chi connectivity index (χ0n) is 24.2. The van der Waals surface area contributed by atoms with Gasteiger partial charge in [0.2, 0.25) is 0 Å². The van der Waals surface area contributed by atoms with E-state index < -0.39 is 0 Å². The van der Waals surface area contributed by atoms with Gasteiger partial charge in [-0.2, -0.15) is 0 Å². The lowest BCUT2D eigenvalue weighted by Crippen LogP contribution is -1.94. The Morgan fingerprint density at radius 2 is 0.659 bits per heavy atom. The van der Waals surface area contributed by atoms with Gasteiger partial charge in [-0.1, -0.05) is 146 Å². The van der Waals surface area contributed by atoms with Crippen LogP contribution in [0.25, 0.3) is 87.2 Å². The van der Waals surface area contributed by atoms with Crippen molar-refractivity contribution < 1.29 is 0 Å². The third-order valence-corrected chi connectivity index (χ3v) is 9.19. The van der Waals surface area contributed by atoms with E-state index in [0.717, 1.165) is 0 Å². The van der Waals surface area contributed by atoms with Crippen LogP contribution in [0.3, 0.4) is 0 Å². The zero-order chi connectivity index (χ0) is 29.0. The van der Waals surface area contributed by atoms with E-state index in [0.29, 0.717) is 0 Å². The Morgan fingerprint density at radius 1 is 0.227 bits per heavy atom. The molecule has 0 saturated heterocycles. The van der Waals surface area contributed by atoms with Crippen molar-refractivity contribution in [1.82, 2.24) is 0 Å². The molecule has 0 spiro atoms. The highest BCUT2D eigenvalue weighted by Gasteiger charge is 2.21. The van der Waals surface area contributed by atoms with Crippen molar-refractivity contribution in [1.29, 1.82) is 0 Å². The summed E-state index contributed by atoms with van der Waals surface area (Å²) in [5, 5.41) is 12.6. The second-order valence-electron chi connectivity index (χ2n) is 11.7. The predicted octanol–water partition coefficient (Wildman–Crippen LogP) is 12.5. The Kier molecular flexibility index (Phi) is 5.61. The largest absolute Gasteiger partial charge is 0.0622 e. The SMILES string of the molecule is c1ccc(-c2cc3ccccc3cc2-c2c3ccccc3c(-c3cccc4ccccc34)c3cc4ccccc4cc23)cc1. The number of rotatable bonds is 3. The van der Waals surface area contributed by atoms with Crippen LogP contribution in [0.1, 0.15) is 0 Å². The first-order chi connectivity index (χ1) is 21.8. The lowest BCUT2D eigenvalue weighted by molar-refractivity contribution is 1.63. The molecule has 0 aromatic heterocycles. The maximum atomic E-state index is 2.42. The van der Waals surface area contributed by atoms with Crippen LogP contribution in [0.2, 0.25) is 0 Å². The van der Waals surface area contributed by atoms with Crippen molar-refractivity contribution in [3.63, 3.8) is 0 Å². The van der Waals surface area contributed by atoms with E-state index in [1.54, 1.807) is 0 Å². The standard InChI is InChI=1S/C44H28/c1-2-13-30(14-3-1)39-25-31-16-4-5-17-32(31)26-40(39)44-38-23-11-10-22-37(38)43(36-24-12-20-29-15-8-9-21-35(29)36)41-27-33-18-6-7-19-34(33)28-42(41)44/h1-28H. The summed E-state index contributed by atoms with van der Waals surface area (Å²) in [6.07, 6.45) is 0. The third-order valence-electron chi connectivity index (χ3n) is 9.19. The third kappa shape index (κ3) is 3.85. The molecule has 0 aliphatic rings. The number of hydrogen-bond donors (Lipinski definition) is 0. The van der Waals surface area contributed by atoms with E-state index in [1.807, 2.05) is 0 Å². The molecule has 0 amide bonds. The van der Waals surface area contributed by atoms with E-state index in [4.69, 9.17) is 0 Å². The molecule has 0 heterocycles. The quantitative estimate of drug-likeness (QED) is 0.190. The van der Waals surface area contributed by atoms with Gasteiger partial charge in [-0.3, -0.25) is 0 Å². The Hall–Kier alpha value is -5.72. The van der Waals surface area contributed by atoms with Crippen LogP contribution < -0.4 is 0 Å². The van der Waals surface area contributed by atoms with E-state index >= 15 is 0 Å². The molecule has 0 aliphatic carbocycles. The molecule has 0 aliphatic heterocycles. The summed E-state index contributed by atoms with van der Waals surface area (Å²) in [6, 6.07) is 62.4. The van der Waals surface area contributed by atoms with E-state index in [1.165, 1.54) is 87.2 Å². The van der Waals surface area contributed by atoms with Crippen LogP contribution in [0, 0.1) is 0 Å². The molecule has 0 fully saturated rings. The topological polar surface area (TPSA) is 0 Å². The molecular weight excluding hydrogens is 528 g/mol. The normalized spacial score (nSPS) is 11.6. The fraction of sp³-hybridized carbons (Fsp3) is 0. The fourth-order valence-corrected chi connectivity index (χ4v) is 7.19. The van der Waals surface area contributed by atoms with Crippen molar-refractivity contribution in [2.24, 2.45) is 0 Å². The zero-order valence-corrected chi connectivity index (χ0v) is 24.2. The Morgan fingerprint density at radius 3 is 1.27 bits per heavy atom. The summed E-state index contributed by atoms with van der Waals surface area (Å²) in [7, 11) is 0. The van der Waals surface area contributed by atoms with Gasteiger partial charge in [-0.25, -0.2) is 0 Å². The van der Waals surface area contributed by atoms with Crippen LogP contribution in [0.15, 0.2) is 170 Å². The summed E-state index contributed by atoms with van der Waals surface area (Å²) in [6.45, 7) is 0. The molecule has 0 nitrogen and oxygen atoms in total. The Labute approximate surface area is 256 Å². The van der Waals surface area contributed by atoms with Gasteiger partial charge in [0.1, 0.15) is 0 Å². The van der Waals surface area contributed by atoms with Gasteiger partial charge in [0, 0.05) is 0 Å². The second kappa shape index (κ2) is 9.93. The van der Waals surface area contributed by atoms with Crippen LogP contribution in [0.4, 0.5) is 0 Å². The summed E-state index contributed by atoms with van der Waals surface area (Å²) >= 11 is 0. The highest BCUT2D eigenvalue weighted by Crippen LogP contribution is 2.48. The maximum absolute atomic E-state index is 2.42. The molecule has 9 aromatic carbocycles. The van der Waals surface area contributed by atoms with Crippen LogP contribution in [-0.4, -0.2) is 0 Å². The van der Waals surface area contributed by atoms with Crippen LogP contribution in [0.5, 0.6) is 0 Å². The van der Waals surface area contributed by atoms with Crippen molar-refractivity contribution >= 4 is 53.9 Å². The minimum Gasteiger partial charge on any atom is -0.0622 e. The monoisotopic (exact) mass is 556 g/mol. The molecule has 0 saturated carbocycles. The van der Waals surface area contributed by atoms with Gasteiger partial charge < -0.3 is 0 Å². The lowest BCUT2D eigenvalue weighted by Gasteiger charge is -2.21. The van der Waals surface area contributed by atoms with Crippen molar-refractivity contribution in [2.75, 3.05) is 0 Å². The average Bonchev–Trinajstić information content (AvgIpc) is 3.09. The van der Waals surface area contributed by atoms with Gasteiger partial charge in [0.25, 0.3) is 0 Å². The molecule has 0 bridgehead atoms.